The van der Waals surface area contributed by atoms with Gasteiger partial charge in [0.25, 0.3) is 10.0 Å². The summed E-state index contributed by atoms with van der Waals surface area (Å²) in [6, 6.07) is 7.73. The molecule has 0 bridgehead atoms. The molecular formula is C13H15N3O3S. The third kappa shape index (κ3) is 3.00. The number of sulfonamides is 1. The van der Waals surface area contributed by atoms with E-state index in [1.54, 1.807) is 18.2 Å². The van der Waals surface area contributed by atoms with Gasteiger partial charge in [-0.1, -0.05) is 6.07 Å². The van der Waals surface area contributed by atoms with Crippen molar-refractivity contribution in [3.8, 4) is 5.88 Å². The van der Waals surface area contributed by atoms with Gasteiger partial charge in [-0.25, -0.2) is 13.4 Å². The molecule has 1 aromatic carbocycles. The lowest BCUT2D eigenvalue weighted by Crippen LogP contribution is -2.13. The average molecular weight is 293 g/mol. The van der Waals surface area contributed by atoms with E-state index in [1.165, 1.54) is 25.4 Å². The number of nitrogens with zero attached hydrogens (tertiary/aromatic N) is 1. The van der Waals surface area contributed by atoms with Crippen LogP contribution >= 0.6 is 0 Å². The fraction of sp³-hybridized carbons (Fsp3) is 0.154. The Kier molecular flexibility index (Phi) is 3.80. The Morgan fingerprint density at radius 1 is 1.25 bits per heavy atom. The molecule has 0 fully saturated rings. The molecule has 7 heteroatoms. The number of aryl methyl sites for hydroxylation is 1. The molecule has 3 N–H and O–H groups in total. The second-order valence-electron chi connectivity index (χ2n) is 4.21. The van der Waals surface area contributed by atoms with Crippen LogP contribution in [-0.4, -0.2) is 20.5 Å². The number of hydrogen-bond donors (Lipinski definition) is 2. The summed E-state index contributed by atoms with van der Waals surface area (Å²) in [5, 5.41) is 0. The quantitative estimate of drug-likeness (QED) is 0.838. The van der Waals surface area contributed by atoms with Crippen LogP contribution in [0, 0.1) is 6.92 Å². The lowest BCUT2D eigenvalue weighted by atomic mass is 10.2. The molecule has 106 valence electrons. The molecule has 0 atom stereocenters. The van der Waals surface area contributed by atoms with Crippen LogP contribution in [0.5, 0.6) is 5.88 Å². The number of nitrogens with one attached hydrogen (secondary N) is 1. The molecule has 6 nitrogen and oxygen atoms in total. The van der Waals surface area contributed by atoms with Crippen LogP contribution in [-0.2, 0) is 10.0 Å². The molecule has 0 unspecified atom stereocenters. The first-order valence-corrected chi connectivity index (χ1v) is 7.29. The van der Waals surface area contributed by atoms with Crippen molar-refractivity contribution in [3.05, 3.63) is 42.1 Å². The van der Waals surface area contributed by atoms with Crippen LogP contribution in [0.3, 0.4) is 0 Å². The number of ether oxygens (including phenoxy) is 1. The van der Waals surface area contributed by atoms with Crippen molar-refractivity contribution in [2.24, 2.45) is 0 Å². The van der Waals surface area contributed by atoms with Crippen molar-refractivity contribution in [1.29, 1.82) is 0 Å². The number of rotatable bonds is 4. The van der Waals surface area contributed by atoms with Crippen LogP contribution in [0.25, 0.3) is 0 Å². The predicted octanol–water partition coefficient (Wildman–Crippen LogP) is 1.78. The Hall–Kier alpha value is -2.28. The Morgan fingerprint density at radius 3 is 2.55 bits per heavy atom. The van der Waals surface area contributed by atoms with Gasteiger partial charge in [0.15, 0.2) is 0 Å². The van der Waals surface area contributed by atoms with E-state index in [-0.39, 0.29) is 4.90 Å². The molecule has 1 aromatic heterocycles. The molecule has 0 saturated heterocycles. The fourth-order valence-electron chi connectivity index (χ4n) is 1.56. The Balaban J connectivity index is 2.27. The molecule has 0 spiro atoms. The maximum Gasteiger partial charge on any atom is 0.262 e. The van der Waals surface area contributed by atoms with Gasteiger partial charge in [-0.05, 0) is 30.7 Å². The van der Waals surface area contributed by atoms with E-state index in [4.69, 9.17) is 10.5 Å². The highest BCUT2D eigenvalue weighted by Crippen LogP contribution is 2.20. The first-order chi connectivity index (χ1) is 9.42. The van der Waals surface area contributed by atoms with Crippen LogP contribution in [0.15, 0.2) is 41.4 Å². The number of nitrogen functional groups attached to an aromatic ring is 1. The van der Waals surface area contributed by atoms with Crippen molar-refractivity contribution in [2.45, 2.75) is 11.8 Å². The van der Waals surface area contributed by atoms with Gasteiger partial charge in [0.1, 0.15) is 0 Å². The summed E-state index contributed by atoms with van der Waals surface area (Å²) in [5.41, 5.74) is 7.34. The molecule has 0 aliphatic heterocycles. The van der Waals surface area contributed by atoms with Crippen molar-refractivity contribution >= 4 is 21.4 Å². The molecule has 0 radical (unpaired) electrons. The first-order valence-electron chi connectivity index (χ1n) is 5.81. The third-order valence-electron chi connectivity index (χ3n) is 2.76. The highest BCUT2D eigenvalue weighted by Gasteiger charge is 2.15. The topological polar surface area (TPSA) is 94.3 Å². The van der Waals surface area contributed by atoms with Crippen LogP contribution in [0.2, 0.25) is 0 Å². The van der Waals surface area contributed by atoms with Crippen molar-refractivity contribution < 1.29 is 13.2 Å². The van der Waals surface area contributed by atoms with Gasteiger partial charge in [-0.2, -0.15) is 0 Å². The minimum atomic E-state index is -3.68. The smallest absolute Gasteiger partial charge is 0.262 e. The number of hydrogen-bond acceptors (Lipinski definition) is 5. The molecule has 0 aliphatic rings. The second-order valence-corrected chi connectivity index (χ2v) is 5.90. The van der Waals surface area contributed by atoms with E-state index in [2.05, 4.69) is 9.71 Å². The van der Waals surface area contributed by atoms with E-state index in [1.807, 2.05) is 6.92 Å². The van der Waals surface area contributed by atoms with Gasteiger partial charge in [0, 0.05) is 11.8 Å². The number of aromatic nitrogens is 1. The van der Waals surface area contributed by atoms with Gasteiger partial charge >= 0.3 is 0 Å². The number of nitrogens with two attached hydrogens (primary N) is 1. The van der Waals surface area contributed by atoms with Crippen molar-refractivity contribution in [2.75, 3.05) is 17.6 Å². The molecule has 0 aliphatic carbocycles. The first kappa shape index (κ1) is 14.1. The maximum absolute atomic E-state index is 12.2. The van der Waals surface area contributed by atoms with Crippen LogP contribution in [0.1, 0.15) is 5.56 Å². The molecule has 1 heterocycles. The zero-order valence-electron chi connectivity index (χ0n) is 11.1. The summed E-state index contributed by atoms with van der Waals surface area (Å²) in [7, 11) is -2.20. The summed E-state index contributed by atoms with van der Waals surface area (Å²) in [6.07, 6.45) is 1.38. The monoisotopic (exact) mass is 293 g/mol. The molecule has 0 amide bonds. The SMILES string of the molecule is COc1ccc(NS(=O)(=O)c2ccc(C)c(N)c2)cn1. The molecular weight excluding hydrogens is 278 g/mol. The molecule has 2 aromatic rings. The minimum Gasteiger partial charge on any atom is -0.481 e. The van der Waals surface area contributed by atoms with Gasteiger partial charge in [0.05, 0.1) is 23.9 Å². The summed E-state index contributed by atoms with van der Waals surface area (Å²) in [6.45, 7) is 1.81. The lowest BCUT2D eigenvalue weighted by Gasteiger charge is -2.09. The highest BCUT2D eigenvalue weighted by molar-refractivity contribution is 7.92. The van der Waals surface area contributed by atoms with Crippen molar-refractivity contribution in [3.63, 3.8) is 0 Å². The zero-order chi connectivity index (χ0) is 14.8. The number of pyridine rings is 1. The number of methoxy groups -OCH3 is 1. The van der Waals surface area contributed by atoms with Gasteiger partial charge in [-0.15, -0.1) is 0 Å². The van der Waals surface area contributed by atoms with E-state index in [9.17, 15) is 8.42 Å². The van der Waals surface area contributed by atoms with Gasteiger partial charge < -0.3 is 10.5 Å². The summed E-state index contributed by atoms with van der Waals surface area (Å²) in [5.74, 6) is 0.410. The number of benzene rings is 1. The van der Waals surface area contributed by atoms with Crippen LogP contribution < -0.4 is 15.2 Å². The van der Waals surface area contributed by atoms with Gasteiger partial charge in [0.2, 0.25) is 5.88 Å². The molecule has 0 saturated carbocycles. The van der Waals surface area contributed by atoms with Crippen molar-refractivity contribution in [1.82, 2.24) is 4.98 Å². The maximum atomic E-state index is 12.2. The largest absolute Gasteiger partial charge is 0.481 e. The average Bonchev–Trinajstić information content (AvgIpc) is 2.42. The Bertz CT molecular complexity index is 712. The molecule has 2 rings (SSSR count). The summed E-state index contributed by atoms with van der Waals surface area (Å²) >= 11 is 0. The minimum absolute atomic E-state index is 0.108. The van der Waals surface area contributed by atoms with E-state index >= 15 is 0 Å². The van der Waals surface area contributed by atoms with E-state index < -0.39 is 10.0 Å². The lowest BCUT2D eigenvalue weighted by molar-refractivity contribution is 0.398. The second kappa shape index (κ2) is 5.38. The van der Waals surface area contributed by atoms with Crippen LogP contribution in [0.4, 0.5) is 11.4 Å². The Labute approximate surface area is 117 Å². The summed E-state index contributed by atoms with van der Waals surface area (Å²) in [4.78, 5) is 4.04. The molecule has 20 heavy (non-hydrogen) atoms. The standard InChI is InChI=1S/C13H15N3O3S/c1-9-3-5-11(7-12(9)14)20(17,18)16-10-4-6-13(19-2)15-8-10/h3-8,16H,14H2,1-2H3. The third-order valence-corrected chi connectivity index (χ3v) is 4.14. The normalized spacial score (nSPS) is 11.1. The predicted molar refractivity (Wildman–Crippen MR) is 77.2 cm³/mol. The van der Waals surface area contributed by atoms with Gasteiger partial charge in [-0.3, -0.25) is 4.72 Å². The number of anilines is 2. The zero-order valence-corrected chi connectivity index (χ0v) is 11.9. The Morgan fingerprint density at radius 2 is 2.00 bits per heavy atom. The summed E-state index contributed by atoms with van der Waals surface area (Å²) < 4.78 is 31.7. The fourth-order valence-corrected chi connectivity index (χ4v) is 2.64. The van der Waals surface area contributed by atoms with E-state index in [0.717, 1.165) is 5.56 Å². The van der Waals surface area contributed by atoms with E-state index in [0.29, 0.717) is 17.3 Å². The highest BCUT2D eigenvalue weighted by atomic mass is 32.2.